The molecule has 0 saturated carbocycles. The van der Waals surface area contributed by atoms with Crippen LogP contribution < -0.4 is 4.90 Å². The van der Waals surface area contributed by atoms with E-state index in [4.69, 9.17) is 10.1 Å². The molecule has 28 heavy (non-hydrogen) atoms. The summed E-state index contributed by atoms with van der Waals surface area (Å²) >= 11 is 0. The number of piperidine rings is 1. The van der Waals surface area contributed by atoms with E-state index < -0.39 is 0 Å². The minimum atomic E-state index is -0.00890. The summed E-state index contributed by atoms with van der Waals surface area (Å²) in [5.74, 6) is 0.985. The molecule has 2 fully saturated rings. The molecule has 3 aromatic rings. The van der Waals surface area contributed by atoms with Crippen LogP contribution in [0.3, 0.4) is 0 Å². The molecule has 1 atom stereocenters. The first-order chi connectivity index (χ1) is 13.8. The van der Waals surface area contributed by atoms with E-state index in [-0.39, 0.29) is 11.8 Å². The number of amides is 1. The minimum absolute atomic E-state index is 0.00890. The average Bonchev–Trinajstić information content (AvgIpc) is 3.43. The van der Waals surface area contributed by atoms with Crippen LogP contribution in [0.15, 0.2) is 42.7 Å². The lowest BCUT2D eigenvalue weighted by Crippen LogP contribution is -2.39. The monoisotopic (exact) mass is 376 g/mol. The van der Waals surface area contributed by atoms with Gasteiger partial charge in [-0.1, -0.05) is 6.07 Å². The molecule has 0 spiro atoms. The largest absolute Gasteiger partial charge is 0.370 e. The van der Waals surface area contributed by atoms with E-state index in [0.29, 0.717) is 12.2 Å². The van der Waals surface area contributed by atoms with Gasteiger partial charge in [-0.15, -0.1) is 0 Å². The Bertz CT molecular complexity index is 979. The molecule has 144 valence electrons. The van der Waals surface area contributed by atoms with E-state index in [1.807, 2.05) is 27.6 Å². The molecule has 1 amide bonds. The summed E-state index contributed by atoms with van der Waals surface area (Å²) in [6, 6.07) is 9.63. The Morgan fingerprint density at radius 3 is 2.75 bits per heavy atom. The van der Waals surface area contributed by atoms with Crippen molar-refractivity contribution in [3.05, 3.63) is 54.2 Å². The van der Waals surface area contributed by atoms with Gasteiger partial charge in [0.15, 0.2) is 11.5 Å². The SMILES string of the molecule is O=C(c1ccccn1)N1CCC[C@H](c2nc3ccc(N4CCCC4)cn3n2)C1. The molecule has 0 aromatic carbocycles. The molecule has 0 aliphatic carbocycles. The third-order valence-corrected chi connectivity index (χ3v) is 5.76. The number of rotatable bonds is 3. The summed E-state index contributed by atoms with van der Waals surface area (Å²) < 4.78 is 1.89. The van der Waals surface area contributed by atoms with Gasteiger partial charge in [0.1, 0.15) is 5.69 Å². The molecule has 7 nitrogen and oxygen atoms in total. The molecule has 5 heterocycles. The second-order valence-corrected chi connectivity index (χ2v) is 7.66. The zero-order chi connectivity index (χ0) is 18.9. The molecule has 0 N–H and O–H groups in total. The fourth-order valence-electron chi connectivity index (χ4n) is 4.25. The molecule has 3 aromatic heterocycles. The third-order valence-electron chi connectivity index (χ3n) is 5.76. The van der Waals surface area contributed by atoms with Crippen molar-refractivity contribution < 1.29 is 4.79 Å². The first kappa shape index (κ1) is 17.2. The van der Waals surface area contributed by atoms with Gasteiger partial charge in [-0.3, -0.25) is 9.78 Å². The number of fused-ring (bicyclic) bond motifs is 1. The number of pyridine rings is 2. The number of hydrogen-bond acceptors (Lipinski definition) is 5. The first-order valence-electron chi connectivity index (χ1n) is 10.1. The lowest BCUT2D eigenvalue weighted by molar-refractivity contribution is 0.0698. The van der Waals surface area contributed by atoms with Crippen molar-refractivity contribution in [1.29, 1.82) is 0 Å². The van der Waals surface area contributed by atoms with Gasteiger partial charge in [-0.25, -0.2) is 9.50 Å². The lowest BCUT2D eigenvalue weighted by Gasteiger charge is -2.31. The van der Waals surface area contributed by atoms with Crippen molar-refractivity contribution in [2.24, 2.45) is 0 Å². The van der Waals surface area contributed by atoms with Crippen LogP contribution >= 0.6 is 0 Å². The second kappa shape index (κ2) is 7.22. The van der Waals surface area contributed by atoms with Crippen LogP contribution in [0.1, 0.15) is 47.9 Å². The highest BCUT2D eigenvalue weighted by atomic mass is 16.2. The first-order valence-corrected chi connectivity index (χ1v) is 10.1. The number of aromatic nitrogens is 4. The van der Waals surface area contributed by atoms with Crippen LogP contribution in [0, 0.1) is 0 Å². The smallest absolute Gasteiger partial charge is 0.272 e. The van der Waals surface area contributed by atoms with Gasteiger partial charge in [0.05, 0.1) is 11.9 Å². The molecule has 2 aliphatic heterocycles. The van der Waals surface area contributed by atoms with Crippen molar-refractivity contribution in [3.63, 3.8) is 0 Å². The zero-order valence-electron chi connectivity index (χ0n) is 15.9. The standard InChI is InChI=1S/C21H24N6O/c28-21(18-7-1-2-10-22-18)26-13-5-6-16(14-26)20-23-19-9-8-17(15-27(19)24-20)25-11-3-4-12-25/h1-2,7-10,15-16H,3-6,11-14H2/t16-/m0/s1. The van der Waals surface area contributed by atoms with Crippen molar-refractivity contribution in [3.8, 4) is 0 Å². The van der Waals surface area contributed by atoms with Crippen LogP contribution in [0.25, 0.3) is 5.65 Å². The Kier molecular flexibility index (Phi) is 4.43. The number of likely N-dealkylation sites (tertiary alicyclic amines) is 1. The Hall–Kier alpha value is -2.96. The minimum Gasteiger partial charge on any atom is -0.370 e. The quantitative estimate of drug-likeness (QED) is 0.703. The van der Waals surface area contributed by atoms with Crippen LogP contribution in [0.4, 0.5) is 5.69 Å². The normalized spacial score (nSPS) is 20.1. The van der Waals surface area contributed by atoms with Gasteiger partial charge in [0.2, 0.25) is 0 Å². The third kappa shape index (κ3) is 3.21. The summed E-state index contributed by atoms with van der Waals surface area (Å²) in [6.45, 7) is 3.63. The highest BCUT2D eigenvalue weighted by molar-refractivity contribution is 5.92. The van der Waals surface area contributed by atoms with Crippen molar-refractivity contribution in [1.82, 2.24) is 24.5 Å². The Balaban J connectivity index is 1.36. The molecule has 7 heteroatoms. The fraction of sp³-hybridized carbons (Fsp3) is 0.429. The second-order valence-electron chi connectivity index (χ2n) is 7.66. The maximum atomic E-state index is 12.8. The zero-order valence-corrected chi connectivity index (χ0v) is 15.9. The fourth-order valence-corrected chi connectivity index (χ4v) is 4.25. The number of carbonyl (C=O) groups excluding carboxylic acids is 1. The van der Waals surface area contributed by atoms with Crippen LogP contribution in [-0.2, 0) is 0 Å². The Labute approximate surface area is 164 Å². The summed E-state index contributed by atoms with van der Waals surface area (Å²) in [6.07, 6.45) is 8.21. The lowest BCUT2D eigenvalue weighted by atomic mass is 9.97. The number of hydrogen-bond donors (Lipinski definition) is 0. The molecule has 5 rings (SSSR count). The topological polar surface area (TPSA) is 66.6 Å². The van der Waals surface area contributed by atoms with Crippen LogP contribution in [0.2, 0.25) is 0 Å². The van der Waals surface area contributed by atoms with Crippen molar-refractivity contribution >= 4 is 17.2 Å². The molecule has 2 saturated heterocycles. The Morgan fingerprint density at radius 1 is 1.04 bits per heavy atom. The molecular formula is C21H24N6O. The predicted molar refractivity (Wildman–Crippen MR) is 107 cm³/mol. The van der Waals surface area contributed by atoms with Crippen molar-refractivity contribution in [2.75, 3.05) is 31.1 Å². The summed E-state index contributed by atoms with van der Waals surface area (Å²) in [7, 11) is 0. The molecule has 0 radical (unpaired) electrons. The van der Waals surface area contributed by atoms with Crippen LogP contribution in [-0.4, -0.2) is 56.6 Å². The summed E-state index contributed by atoms with van der Waals surface area (Å²) in [5.41, 5.74) is 2.57. The Morgan fingerprint density at radius 2 is 1.93 bits per heavy atom. The van der Waals surface area contributed by atoms with Gasteiger partial charge >= 0.3 is 0 Å². The van der Waals surface area contributed by atoms with Gasteiger partial charge in [0.25, 0.3) is 5.91 Å². The van der Waals surface area contributed by atoms with E-state index in [9.17, 15) is 4.79 Å². The molecular weight excluding hydrogens is 352 g/mol. The molecule has 2 aliphatic rings. The van der Waals surface area contributed by atoms with E-state index in [2.05, 4.69) is 22.1 Å². The maximum absolute atomic E-state index is 12.8. The van der Waals surface area contributed by atoms with Crippen LogP contribution in [0.5, 0.6) is 0 Å². The maximum Gasteiger partial charge on any atom is 0.272 e. The average molecular weight is 376 g/mol. The van der Waals surface area contributed by atoms with Gasteiger partial charge in [-0.2, -0.15) is 5.10 Å². The van der Waals surface area contributed by atoms with Gasteiger partial charge in [0, 0.05) is 38.3 Å². The highest BCUT2D eigenvalue weighted by Gasteiger charge is 2.28. The van der Waals surface area contributed by atoms with E-state index in [1.54, 1.807) is 12.3 Å². The molecule has 0 bridgehead atoms. The molecule has 0 unspecified atom stereocenters. The van der Waals surface area contributed by atoms with Crippen molar-refractivity contribution in [2.45, 2.75) is 31.6 Å². The van der Waals surface area contributed by atoms with E-state index in [1.165, 1.54) is 18.5 Å². The van der Waals surface area contributed by atoms with E-state index in [0.717, 1.165) is 43.9 Å². The van der Waals surface area contributed by atoms with Gasteiger partial charge in [-0.05, 0) is 49.9 Å². The predicted octanol–water partition coefficient (Wildman–Crippen LogP) is 2.74. The van der Waals surface area contributed by atoms with E-state index >= 15 is 0 Å². The number of anilines is 1. The summed E-state index contributed by atoms with van der Waals surface area (Å²) in [4.78, 5) is 26.0. The summed E-state index contributed by atoms with van der Waals surface area (Å²) in [5, 5.41) is 4.76. The number of carbonyl (C=O) groups is 1. The highest BCUT2D eigenvalue weighted by Crippen LogP contribution is 2.27. The van der Waals surface area contributed by atoms with Gasteiger partial charge < -0.3 is 9.80 Å². The number of nitrogens with zero attached hydrogens (tertiary/aromatic N) is 6.